The summed E-state index contributed by atoms with van der Waals surface area (Å²) in [7, 11) is 2.23. The number of hydrogen-bond acceptors (Lipinski definition) is 2. The van der Waals surface area contributed by atoms with E-state index in [4.69, 9.17) is 0 Å². The van der Waals surface area contributed by atoms with Crippen molar-refractivity contribution in [2.75, 3.05) is 33.2 Å². The SMILES string of the molecule is CCN(C)C1CCN(C/C=C/c2ccccc2)C1. The highest BCUT2D eigenvalue weighted by molar-refractivity contribution is 5.48. The van der Waals surface area contributed by atoms with Gasteiger partial charge in [0.1, 0.15) is 0 Å². The summed E-state index contributed by atoms with van der Waals surface area (Å²) in [4.78, 5) is 5.00. The Balaban J connectivity index is 1.77. The second-order valence-corrected chi connectivity index (χ2v) is 5.09. The Bertz CT molecular complexity index is 372. The maximum Gasteiger partial charge on any atom is 0.0232 e. The number of hydrogen-bond donors (Lipinski definition) is 0. The minimum absolute atomic E-state index is 0.750. The van der Waals surface area contributed by atoms with Crippen molar-refractivity contribution in [2.45, 2.75) is 19.4 Å². The first kappa shape index (κ1) is 13.3. The third kappa shape index (κ3) is 3.69. The Morgan fingerprint density at radius 1 is 1.33 bits per heavy atom. The number of rotatable bonds is 5. The van der Waals surface area contributed by atoms with Crippen LogP contribution in [0.15, 0.2) is 36.4 Å². The van der Waals surface area contributed by atoms with Crippen molar-refractivity contribution in [3.05, 3.63) is 42.0 Å². The van der Waals surface area contributed by atoms with Gasteiger partial charge in [0.2, 0.25) is 0 Å². The van der Waals surface area contributed by atoms with E-state index in [-0.39, 0.29) is 0 Å². The number of likely N-dealkylation sites (tertiary alicyclic amines) is 1. The second-order valence-electron chi connectivity index (χ2n) is 5.09. The molecule has 2 rings (SSSR count). The van der Waals surface area contributed by atoms with Gasteiger partial charge in [-0.15, -0.1) is 0 Å². The summed E-state index contributed by atoms with van der Waals surface area (Å²) in [6.07, 6.45) is 5.81. The second kappa shape index (κ2) is 6.72. The van der Waals surface area contributed by atoms with Crippen LogP contribution in [0.2, 0.25) is 0 Å². The van der Waals surface area contributed by atoms with Gasteiger partial charge in [0.25, 0.3) is 0 Å². The van der Waals surface area contributed by atoms with Crippen molar-refractivity contribution >= 4 is 6.08 Å². The molecule has 0 N–H and O–H groups in total. The lowest BCUT2D eigenvalue weighted by molar-refractivity contribution is 0.248. The third-order valence-electron chi connectivity index (χ3n) is 3.84. The van der Waals surface area contributed by atoms with Gasteiger partial charge in [-0.2, -0.15) is 0 Å². The zero-order valence-corrected chi connectivity index (χ0v) is 11.5. The molecule has 0 amide bonds. The molecule has 0 aliphatic carbocycles. The van der Waals surface area contributed by atoms with E-state index in [1.807, 2.05) is 0 Å². The van der Waals surface area contributed by atoms with Crippen LogP contribution >= 0.6 is 0 Å². The topological polar surface area (TPSA) is 6.48 Å². The van der Waals surface area contributed by atoms with Crippen molar-refractivity contribution in [1.29, 1.82) is 0 Å². The van der Waals surface area contributed by atoms with E-state index in [9.17, 15) is 0 Å². The van der Waals surface area contributed by atoms with Crippen LogP contribution in [0.3, 0.4) is 0 Å². The van der Waals surface area contributed by atoms with Crippen molar-refractivity contribution in [1.82, 2.24) is 9.80 Å². The summed E-state index contributed by atoms with van der Waals surface area (Å²) in [6.45, 7) is 6.90. The van der Waals surface area contributed by atoms with Gasteiger partial charge in [0.15, 0.2) is 0 Å². The lowest BCUT2D eigenvalue weighted by Crippen LogP contribution is -2.34. The van der Waals surface area contributed by atoms with Crippen molar-refractivity contribution in [3.63, 3.8) is 0 Å². The molecule has 1 aromatic rings. The smallest absolute Gasteiger partial charge is 0.0232 e. The fourth-order valence-electron chi connectivity index (χ4n) is 2.50. The van der Waals surface area contributed by atoms with Crippen LogP contribution in [0, 0.1) is 0 Å². The first-order valence-electron chi connectivity index (χ1n) is 6.93. The summed E-state index contributed by atoms with van der Waals surface area (Å²) in [5.41, 5.74) is 1.29. The normalized spacial score (nSPS) is 21.2. The molecule has 98 valence electrons. The van der Waals surface area contributed by atoms with Crippen LogP contribution in [0.25, 0.3) is 6.08 Å². The van der Waals surface area contributed by atoms with Crippen LogP contribution < -0.4 is 0 Å². The lowest BCUT2D eigenvalue weighted by Gasteiger charge is -2.22. The van der Waals surface area contributed by atoms with Crippen molar-refractivity contribution in [2.24, 2.45) is 0 Å². The van der Waals surface area contributed by atoms with E-state index in [1.165, 1.54) is 25.1 Å². The van der Waals surface area contributed by atoms with Gasteiger partial charge >= 0.3 is 0 Å². The summed E-state index contributed by atoms with van der Waals surface area (Å²) >= 11 is 0. The van der Waals surface area contributed by atoms with Crippen LogP contribution in [-0.4, -0.2) is 49.1 Å². The average Bonchev–Trinajstić information content (AvgIpc) is 2.88. The van der Waals surface area contributed by atoms with Gasteiger partial charge in [-0.1, -0.05) is 49.4 Å². The maximum atomic E-state index is 2.54. The highest BCUT2D eigenvalue weighted by Gasteiger charge is 2.23. The minimum atomic E-state index is 0.750. The molecule has 0 bridgehead atoms. The molecule has 0 aromatic heterocycles. The molecular weight excluding hydrogens is 220 g/mol. The van der Waals surface area contributed by atoms with Gasteiger partial charge in [-0.05, 0) is 25.6 Å². The molecule has 0 saturated carbocycles. The Labute approximate surface area is 111 Å². The van der Waals surface area contributed by atoms with E-state index in [0.717, 1.165) is 19.1 Å². The zero-order valence-electron chi connectivity index (χ0n) is 11.5. The molecule has 1 saturated heterocycles. The standard InChI is InChI=1S/C16H24N2/c1-3-17(2)16-11-13-18(14-16)12-7-10-15-8-5-4-6-9-15/h4-10,16H,3,11-14H2,1-2H3/b10-7+. The predicted octanol–water partition coefficient (Wildman–Crippen LogP) is 2.73. The average molecular weight is 244 g/mol. The van der Waals surface area contributed by atoms with Gasteiger partial charge in [-0.3, -0.25) is 4.90 Å². The first-order valence-corrected chi connectivity index (χ1v) is 6.93. The quantitative estimate of drug-likeness (QED) is 0.786. The molecule has 2 heteroatoms. The molecular formula is C16H24N2. The van der Waals surface area contributed by atoms with Gasteiger partial charge < -0.3 is 4.90 Å². The maximum absolute atomic E-state index is 2.54. The van der Waals surface area contributed by atoms with Gasteiger partial charge in [-0.25, -0.2) is 0 Å². The molecule has 1 unspecified atom stereocenters. The van der Waals surface area contributed by atoms with Crippen LogP contribution in [-0.2, 0) is 0 Å². The number of likely N-dealkylation sites (N-methyl/N-ethyl adjacent to an activating group) is 1. The Kier molecular flexibility index (Phi) is 4.97. The molecule has 1 aliphatic heterocycles. The summed E-state index contributed by atoms with van der Waals surface area (Å²) in [5, 5.41) is 0. The highest BCUT2D eigenvalue weighted by Crippen LogP contribution is 2.14. The zero-order chi connectivity index (χ0) is 12.8. The van der Waals surface area contributed by atoms with Crippen molar-refractivity contribution in [3.8, 4) is 0 Å². The molecule has 0 spiro atoms. The van der Waals surface area contributed by atoms with Gasteiger partial charge in [0.05, 0.1) is 0 Å². The lowest BCUT2D eigenvalue weighted by atomic mass is 10.2. The van der Waals surface area contributed by atoms with Crippen LogP contribution in [0.1, 0.15) is 18.9 Å². The molecule has 1 atom stereocenters. The molecule has 0 radical (unpaired) electrons. The summed E-state index contributed by atoms with van der Waals surface area (Å²) < 4.78 is 0. The number of nitrogens with zero attached hydrogens (tertiary/aromatic N) is 2. The van der Waals surface area contributed by atoms with Crippen LogP contribution in [0.4, 0.5) is 0 Å². The third-order valence-corrected chi connectivity index (χ3v) is 3.84. The predicted molar refractivity (Wildman–Crippen MR) is 78.6 cm³/mol. The van der Waals surface area contributed by atoms with E-state index < -0.39 is 0 Å². The largest absolute Gasteiger partial charge is 0.302 e. The fourth-order valence-corrected chi connectivity index (χ4v) is 2.50. The molecule has 18 heavy (non-hydrogen) atoms. The monoisotopic (exact) mass is 244 g/mol. The molecule has 2 nitrogen and oxygen atoms in total. The van der Waals surface area contributed by atoms with E-state index in [0.29, 0.717) is 0 Å². The minimum Gasteiger partial charge on any atom is -0.302 e. The summed E-state index contributed by atoms with van der Waals surface area (Å²) in [5.74, 6) is 0. The molecule has 1 aliphatic rings. The summed E-state index contributed by atoms with van der Waals surface area (Å²) in [6, 6.07) is 11.3. The molecule has 1 fully saturated rings. The van der Waals surface area contributed by atoms with Crippen LogP contribution in [0.5, 0.6) is 0 Å². The number of benzene rings is 1. The Morgan fingerprint density at radius 3 is 2.83 bits per heavy atom. The van der Waals surface area contributed by atoms with E-state index >= 15 is 0 Å². The molecule has 1 aromatic carbocycles. The first-order chi connectivity index (χ1) is 8.79. The Morgan fingerprint density at radius 2 is 2.11 bits per heavy atom. The van der Waals surface area contributed by atoms with E-state index in [2.05, 4.69) is 66.3 Å². The highest BCUT2D eigenvalue weighted by atomic mass is 15.2. The van der Waals surface area contributed by atoms with Crippen molar-refractivity contribution < 1.29 is 0 Å². The van der Waals surface area contributed by atoms with E-state index in [1.54, 1.807) is 0 Å². The molecule has 1 heterocycles. The fraction of sp³-hybridized carbons (Fsp3) is 0.500. The Hall–Kier alpha value is -1.12. The van der Waals surface area contributed by atoms with Gasteiger partial charge in [0, 0.05) is 25.7 Å².